The van der Waals surface area contributed by atoms with Crippen molar-refractivity contribution >= 4 is 5.91 Å². The van der Waals surface area contributed by atoms with Crippen LogP contribution >= 0.6 is 0 Å². The lowest BCUT2D eigenvalue weighted by molar-refractivity contribution is -0.142. The summed E-state index contributed by atoms with van der Waals surface area (Å²) in [5.41, 5.74) is 7.33. The van der Waals surface area contributed by atoms with Crippen LogP contribution in [-0.2, 0) is 11.3 Å². The van der Waals surface area contributed by atoms with Gasteiger partial charge in [-0.2, -0.15) is 0 Å². The molecule has 3 nitrogen and oxygen atoms in total. The average Bonchev–Trinajstić information content (AvgIpc) is 2.26. The fraction of sp³-hybridized carbons (Fsp3) is 0.562. The van der Waals surface area contributed by atoms with Crippen LogP contribution in [0.25, 0.3) is 0 Å². The van der Waals surface area contributed by atoms with E-state index in [-0.39, 0.29) is 5.91 Å². The number of hydrogen-bond donors (Lipinski definition) is 1. The monoisotopic (exact) mass is 262 g/mol. The van der Waals surface area contributed by atoms with Gasteiger partial charge in [0.15, 0.2) is 0 Å². The molecule has 2 N–H and O–H groups in total. The van der Waals surface area contributed by atoms with E-state index in [1.54, 1.807) is 4.90 Å². The Labute approximate surface area is 116 Å². The first-order chi connectivity index (χ1) is 8.55. The fourth-order valence-electron chi connectivity index (χ4n) is 1.91. The lowest BCUT2D eigenvalue weighted by Gasteiger charge is -2.39. The summed E-state index contributed by atoms with van der Waals surface area (Å²) in [5.74, 6) is 0.0708. The predicted molar refractivity (Wildman–Crippen MR) is 79.7 cm³/mol. The zero-order valence-corrected chi connectivity index (χ0v) is 12.9. The Kier molecular flexibility index (Phi) is 4.41. The molecular weight excluding hydrogens is 236 g/mol. The molecule has 0 spiro atoms. The van der Waals surface area contributed by atoms with Gasteiger partial charge in [-0.05, 0) is 40.2 Å². The van der Waals surface area contributed by atoms with Crippen molar-refractivity contribution in [2.45, 2.75) is 46.7 Å². The number of hydrogen-bond acceptors (Lipinski definition) is 2. The van der Waals surface area contributed by atoms with Crippen LogP contribution in [0.4, 0.5) is 0 Å². The van der Waals surface area contributed by atoms with Crippen molar-refractivity contribution in [2.24, 2.45) is 11.1 Å². The molecule has 106 valence electrons. The van der Waals surface area contributed by atoms with E-state index >= 15 is 0 Å². The van der Waals surface area contributed by atoms with Gasteiger partial charge in [0.1, 0.15) is 0 Å². The smallest absolute Gasteiger partial charge is 0.230 e. The number of carbonyl (C=O) groups excluding carboxylic acids is 1. The third-order valence-electron chi connectivity index (χ3n) is 3.99. The van der Waals surface area contributed by atoms with Crippen molar-refractivity contribution in [1.82, 2.24) is 4.90 Å². The molecule has 0 fully saturated rings. The highest BCUT2D eigenvalue weighted by molar-refractivity contribution is 5.83. The molecular formula is C16H26N2O. The minimum absolute atomic E-state index is 0.0708. The van der Waals surface area contributed by atoms with Crippen molar-refractivity contribution in [2.75, 3.05) is 7.05 Å². The largest absolute Gasteiger partial charge is 0.341 e. The van der Waals surface area contributed by atoms with Crippen molar-refractivity contribution in [3.63, 3.8) is 0 Å². The Balaban J connectivity index is 2.84. The molecule has 3 heteroatoms. The van der Waals surface area contributed by atoms with Crippen molar-refractivity contribution in [3.05, 3.63) is 35.4 Å². The summed E-state index contributed by atoms with van der Waals surface area (Å²) in [6, 6.07) is 8.21. The van der Waals surface area contributed by atoms with E-state index in [4.69, 9.17) is 5.73 Å². The Hall–Kier alpha value is -1.35. The molecule has 1 amide bonds. The maximum absolute atomic E-state index is 12.5. The fourth-order valence-corrected chi connectivity index (χ4v) is 1.91. The topological polar surface area (TPSA) is 46.3 Å². The molecule has 0 aliphatic heterocycles. The number of amides is 1. The van der Waals surface area contributed by atoms with Gasteiger partial charge >= 0.3 is 0 Å². The van der Waals surface area contributed by atoms with E-state index in [1.807, 2.05) is 46.9 Å². The lowest BCUT2D eigenvalue weighted by atomic mass is 9.74. The summed E-state index contributed by atoms with van der Waals surface area (Å²) in [5, 5.41) is 0. The number of benzene rings is 1. The average molecular weight is 262 g/mol. The standard InChI is InChI=1S/C16H26N2O/c1-12-8-7-9-13(10-12)11-18(6)14(19)15(2,3)16(4,5)17/h7-10H,11,17H2,1-6H3. The second-order valence-electron chi connectivity index (χ2n) is 6.50. The molecule has 0 saturated heterocycles. The quantitative estimate of drug-likeness (QED) is 0.907. The number of carbonyl (C=O) groups is 1. The Morgan fingerprint density at radius 1 is 1.26 bits per heavy atom. The Morgan fingerprint density at radius 2 is 1.84 bits per heavy atom. The summed E-state index contributed by atoms with van der Waals surface area (Å²) >= 11 is 0. The molecule has 1 aromatic carbocycles. The van der Waals surface area contributed by atoms with E-state index in [1.165, 1.54) is 5.56 Å². The van der Waals surface area contributed by atoms with E-state index < -0.39 is 11.0 Å². The molecule has 0 aromatic heterocycles. The number of nitrogens with zero attached hydrogens (tertiary/aromatic N) is 1. The number of nitrogens with two attached hydrogens (primary N) is 1. The van der Waals surface area contributed by atoms with Gasteiger partial charge in [-0.1, -0.05) is 29.8 Å². The molecule has 0 aliphatic rings. The zero-order chi connectivity index (χ0) is 14.8. The molecule has 0 unspecified atom stereocenters. The van der Waals surface area contributed by atoms with Gasteiger partial charge in [-0.25, -0.2) is 0 Å². The van der Waals surface area contributed by atoms with E-state index in [0.29, 0.717) is 6.54 Å². The summed E-state index contributed by atoms with van der Waals surface area (Å²) in [4.78, 5) is 14.3. The highest BCUT2D eigenvalue weighted by Gasteiger charge is 2.41. The van der Waals surface area contributed by atoms with Gasteiger partial charge in [0.05, 0.1) is 5.41 Å². The number of aryl methyl sites for hydroxylation is 1. The molecule has 0 aliphatic carbocycles. The van der Waals surface area contributed by atoms with E-state index in [9.17, 15) is 4.79 Å². The van der Waals surface area contributed by atoms with Crippen LogP contribution in [0.5, 0.6) is 0 Å². The lowest BCUT2D eigenvalue weighted by Crippen LogP contribution is -2.55. The van der Waals surface area contributed by atoms with Gasteiger partial charge in [-0.15, -0.1) is 0 Å². The van der Waals surface area contributed by atoms with Gasteiger partial charge < -0.3 is 10.6 Å². The second kappa shape index (κ2) is 5.33. The third kappa shape index (κ3) is 3.57. The second-order valence-corrected chi connectivity index (χ2v) is 6.50. The molecule has 0 radical (unpaired) electrons. The first kappa shape index (κ1) is 15.7. The van der Waals surface area contributed by atoms with Gasteiger partial charge in [0.2, 0.25) is 5.91 Å². The first-order valence-corrected chi connectivity index (χ1v) is 6.65. The van der Waals surface area contributed by atoms with Gasteiger partial charge in [0, 0.05) is 19.1 Å². The van der Waals surface area contributed by atoms with Crippen LogP contribution in [0.2, 0.25) is 0 Å². The highest BCUT2D eigenvalue weighted by atomic mass is 16.2. The Bertz CT molecular complexity index is 458. The van der Waals surface area contributed by atoms with Crippen LogP contribution < -0.4 is 5.73 Å². The maximum atomic E-state index is 12.5. The van der Waals surface area contributed by atoms with Crippen LogP contribution in [0.3, 0.4) is 0 Å². The predicted octanol–water partition coefficient (Wildman–Crippen LogP) is 2.72. The molecule has 0 bridgehead atoms. The summed E-state index contributed by atoms with van der Waals surface area (Å²) in [6.07, 6.45) is 0. The van der Waals surface area contributed by atoms with Crippen LogP contribution in [0, 0.1) is 12.3 Å². The summed E-state index contributed by atoms with van der Waals surface area (Å²) in [7, 11) is 1.83. The van der Waals surface area contributed by atoms with Crippen LogP contribution in [0.1, 0.15) is 38.8 Å². The normalized spacial score (nSPS) is 12.4. The van der Waals surface area contributed by atoms with Crippen molar-refractivity contribution in [3.8, 4) is 0 Å². The summed E-state index contributed by atoms with van der Waals surface area (Å²) < 4.78 is 0. The van der Waals surface area contributed by atoms with Crippen molar-refractivity contribution in [1.29, 1.82) is 0 Å². The molecule has 0 atom stereocenters. The zero-order valence-electron chi connectivity index (χ0n) is 12.9. The van der Waals surface area contributed by atoms with E-state index in [2.05, 4.69) is 19.1 Å². The van der Waals surface area contributed by atoms with Crippen LogP contribution in [0.15, 0.2) is 24.3 Å². The molecule has 0 saturated carbocycles. The minimum Gasteiger partial charge on any atom is -0.341 e. The third-order valence-corrected chi connectivity index (χ3v) is 3.99. The van der Waals surface area contributed by atoms with Crippen molar-refractivity contribution < 1.29 is 4.79 Å². The number of rotatable bonds is 4. The SMILES string of the molecule is Cc1cccc(CN(C)C(=O)C(C)(C)C(C)(C)N)c1. The molecule has 19 heavy (non-hydrogen) atoms. The minimum atomic E-state index is -0.592. The molecule has 1 aromatic rings. The van der Waals surface area contributed by atoms with Crippen LogP contribution in [-0.4, -0.2) is 23.4 Å². The van der Waals surface area contributed by atoms with Gasteiger partial charge in [-0.3, -0.25) is 4.79 Å². The first-order valence-electron chi connectivity index (χ1n) is 6.65. The highest BCUT2D eigenvalue weighted by Crippen LogP contribution is 2.30. The maximum Gasteiger partial charge on any atom is 0.230 e. The summed E-state index contributed by atoms with van der Waals surface area (Å²) in [6.45, 7) is 10.3. The van der Waals surface area contributed by atoms with E-state index in [0.717, 1.165) is 5.56 Å². The Morgan fingerprint density at radius 3 is 2.32 bits per heavy atom. The molecule has 0 heterocycles. The molecule has 1 rings (SSSR count). The van der Waals surface area contributed by atoms with Gasteiger partial charge in [0.25, 0.3) is 0 Å².